The SMILES string of the molecule is COc1nc(N)c(N=O)cc1Br. The van der Waals surface area contributed by atoms with Gasteiger partial charge >= 0.3 is 0 Å². The molecule has 0 radical (unpaired) electrons. The minimum Gasteiger partial charge on any atom is -0.480 e. The van der Waals surface area contributed by atoms with Crippen molar-refractivity contribution >= 4 is 27.4 Å². The number of pyridine rings is 1. The second kappa shape index (κ2) is 3.48. The number of anilines is 1. The molecule has 0 atom stereocenters. The lowest BCUT2D eigenvalue weighted by Gasteiger charge is -2.03. The number of hydrogen-bond acceptors (Lipinski definition) is 5. The van der Waals surface area contributed by atoms with Crippen molar-refractivity contribution in [2.45, 2.75) is 0 Å². The second-order valence-electron chi connectivity index (χ2n) is 1.98. The third kappa shape index (κ3) is 1.53. The van der Waals surface area contributed by atoms with Crippen LogP contribution in [0.4, 0.5) is 11.5 Å². The number of aromatic nitrogens is 1. The fourth-order valence-corrected chi connectivity index (χ4v) is 1.16. The van der Waals surface area contributed by atoms with E-state index in [1.807, 2.05) is 0 Å². The molecular weight excluding hydrogens is 226 g/mol. The summed E-state index contributed by atoms with van der Waals surface area (Å²) in [7, 11) is 1.46. The number of ether oxygens (including phenoxy) is 1. The molecule has 1 aromatic rings. The van der Waals surface area contributed by atoms with Gasteiger partial charge in [0.05, 0.1) is 11.6 Å². The zero-order valence-electron chi connectivity index (χ0n) is 6.24. The van der Waals surface area contributed by atoms with E-state index in [0.717, 1.165) is 0 Å². The molecule has 1 aromatic heterocycles. The van der Waals surface area contributed by atoms with Gasteiger partial charge in [0.15, 0.2) is 11.5 Å². The maximum Gasteiger partial charge on any atom is 0.229 e. The Kier molecular flexibility index (Phi) is 2.59. The Morgan fingerprint density at radius 3 is 2.92 bits per heavy atom. The third-order valence-corrected chi connectivity index (χ3v) is 1.81. The van der Waals surface area contributed by atoms with E-state index in [9.17, 15) is 4.91 Å². The highest BCUT2D eigenvalue weighted by Gasteiger charge is 2.07. The standard InChI is InChI=1S/C6H6BrN3O2/c1-12-6-3(7)2-4(10-11)5(8)9-6/h2H,1H3,(H2,8,9). The lowest BCUT2D eigenvalue weighted by atomic mass is 10.4. The maximum atomic E-state index is 10.1. The molecule has 0 saturated heterocycles. The number of methoxy groups -OCH3 is 1. The van der Waals surface area contributed by atoms with Crippen LogP contribution >= 0.6 is 15.9 Å². The molecule has 5 nitrogen and oxygen atoms in total. The van der Waals surface area contributed by atoms with Crippen LogP contribution in [0.1, 0.15) is 0 Å². The number of nitrogens with two attached hydrogens (primary N) is 1. The van der Waals surface area contributed by atoms with Gasteiger partial charge in [-0.05, 0) is 27.2 Å². The number of rotatable bonds is 2. The van der Waals surface area contributed by atoms with Gasteiger partial charge in [-0.15, -0.1) is 4.91 Å². The summed E-state index contributed by atoms with van der Waals surface area (Å²) in [5.41, 5.74) is 5.47. The Morgan fingerprint density at radius 1 is 1.75 bits per heavy atom. The molecule has 12 heavy (non-hydrogen) atoms. The summed E-state index contributed by atoms with van der Waals surface area (Å²) in [6.45, 7) is 0. The van der Waals surface area contributed by atoms with Gasteiger partial charge in [-0.3, -0.25) is 0 Å². The molecule has 0 fully saturated rings. The first-order chi connectivity index (χ1) is 5.69. The van der Waals surface area contributed by atoms with Crippen LogP contribution in [0, 0.1) is 4.91 Å². The highest BCUT2D eigenvalue weighted by Crippen LogP contribution is 2.30. The van der Waals surface area contributed by atoms with E-state index in [1.54, 1.807) is 0 Å². The average molecular weight is 232 g/mol. The van der Waals surface area contributed by atoms with Crippen LogP contribution in [0.25, 0.3) is 0 Å². The third-order valence-electron chi connectivity index (χ3n) is 1.24. The number of halogens is 1. The molecule has 0 aliphatic heterocycles. The Bertz CT molecular complexity index is 316. The average Bonchev–Trinajstić information content (AvgIpc) is 2.08. The molecule has 0 spiro atoms. The molecule has 2 N–H and O–H groups in total. The highest BCUT2D eigenvalue weighted by molar-refractivity contribution is 9.10. The first-order valence-corrected chi connectivity index (χ1v) is 3.81. The molecule has 0 bridgehead atoms. The number of hydrogen-bond donors (Lipinski definition) is 1. The van der Waals surface area contributed by atoms with Crippen LogP contribution in [-0.4, -0.2) is 12.1 Å². The van der Waals surface area contributed by atoms with Crippen LogP contribution in [0.15, 0.2) is 15.7 Å². The minimum absolute atomic E-state index is 0.0602. The van der Waals surface area contributed by atoms with E-state index in [4.69, 9.17) is 10.5 Å². The van der Waals surface area contributed by atoms with Crippen molar-refractivity contribution in [2.24, 2.45) is 5.18 Å². The molecular formula is C6H6BrN3O2. The van der Waals surface area contributed by atoms with Crippen LogP contribution in [0.5, 0.6) is 5.88 Å². The molecule has 0 aliphatic carbocycles. The van der Waals surface area contributed by atoms with Gasteiger partial charge in [0, 0.05) is 0 Å². The van der Waals surface area contributed by atoms with Gasteiger partial charge in [-0.1, -0.05) is 0 Å². The van der Waals surface area contributed by atoms with Crippen LogP contribution in [0.3, 0.4) is 0 Å². The normalized spacial score (nSPS) is 9.50. The van der Waals surface area contributed by atoms with Gasteiger partial charge in [-0.2, -0.15) is 4.98 Å². The number of nitrogen functional groups attached to an aromatic ring is 1. The molecule has 0 unspecified atom stereocenters. The molecule has 1 rings (SSSR count). The molecule has 0 saturated carbocycles. The molecule has 0 amide bonds. The summed E-state index contributed by atoms with van der Waals surface area (Å²) >= 11 is 3.14. The molecule has 64 valence electrons. The van der Waals surface area contributed by atoms with E-state index in [2.05, 4.69) is 26.1 Å². The summed E-state index contributed by atoms with van der Waals surface area (Å²) in [6, 6.07) is 1.45. The van der Waals surface area contributed by atoms with Crippen molar-refractivity contribution in [3.63, 3.8) is 0 Å². The van der Waals surface area contributed by atoms with Gasteiger partial charge in [0.1, 0.15) is 0 Å². The number of nitrogens with zero attached hydrogens (tertiary/aromatic N) is 2. The fourth-order valence-electron chi connectivity index (χ4n) is 0.692. The van der Waals surface area contributed by atoms with E-state index in [1.165, 1.54) is 13.2 Å². The van der Waals surface area contributed by atoms with E-state index in [0.29, 0.717) is 10.4 Å². The summed E-state index contributed by atoms with van der Waals surface area (Å²) < 4.78 is 5.39. The van der Waals surface area contributed by atoms with Crippen molar-refractivity contribution < 1.29 is 4.74 Å². The smallest absolute Gasteiger partial charge is 0.229 e. The van der Waals surface area contributed by atoms with Crippen molar-refractivity contribution in [1.29, 1.82) is 0 Å². The predicted octanol–water partition coefficient (Wildman–Crippen LogP) is 1.83. The predicted molar refractivity (Wildman–Crippen MR) is 48.4 cm³/mol. The molecule has 0 aromatic carbocycles. The fraction of sp³-hybridized carbons (Fsp3) is 0.167. The second-order valence-corrected chi connectivity index (χ2v) is 2.83. The molecule has 6 heteroatoms. The van der Waals surface area contributed by atoms with Crippen LogP contribution < -0.4 is 10.5 Å². The first-order valence-electron chi connectivity index (χ1n) is 3.02. The van der Waals surface area contributed by atoms with Crippen LogP contribution in [0.2, 0.25) is 0 Å². The highest BCUT2D eigenvalue weighted by atomic mass is 79.9. The Hall–Kier alpha value is -1.17. The topological polar surface area (TPSA) is 77.6 Å². The van der Waals surface area contributed by atoms with Crippen molar-refractivity contribution in [3.05, 3.63) is 15.4 Å². The zero-order chi connectivity index (χ0) is 9.14. The van der Waals surface area contributed by atoms with Gasteiger partial charge in [-0.25, -0.2) is 0 Å². The maximum absolute atomic E-state index is 10.1. The largest absolute Gasteiger partial charge is 0.480 e. The monoisotopic (exact) mass is 231 g/mol. The Balaban J connectivity index is 3.25. The summed E-state index contributed by atoms with van der Waals surface area (Å²) in [5, 5.41) is 2.68. The number of nitroso groups, excluding NO2 is 1. The van der Waals surface area contributed by atoms with E-state index in [-0.39, 0.29) is 11.5 Å². The summed E-state index contributed by atoms with van der Waals surface area (Å²) in [6.07, 6.45) is 0. The zero-order valence-corrected chi connectivity index (χ0v) is 7.83. The van der Waals surface area contributed by atoms with Crippen LogP contribution in [-0.2, 0) is 0 Å². The Labute approximate surface area is 77.0 Å². The van der Waals surface area contributed by atoms with Crippen molar-refractivity contribution in [2.75, 3.05) is 12.8 Å². The Morgan fingerprint density at radius 2 is 2.42 bits per heavy atom. The lowest BCUT2D eigenvalue weighted by Crippen LogP contribution is -1.95. The van der Waals surface area contributed by atoms with E-state index < -0.39 is 0 Å². The lowest BCUT2D eigenvalue weighted by molar-refractivity contribution is 0.396. The van der Waals surface area contributed by atoms with Gasteiger partial charge in [0.25, 0.3) is 0 Å². The molecule has 0 aliphatic rings. The quantitative estimate of drug-likeness (QED) is 0.789. The first kappa shape index (κ1) is 8.92. The van der Waals surface area contributed by atoms with E-state index >= 15 is 0 Å². The van der Waals surface area contributed by atoms with Gasteiger partial charge < -0.3 is 10.5 Å². The minimum atomic E-state index is 0.0602. The summed E-state index contributed by atoms with van der Waals surface area (Å²) in [5.74, 6) is 0.393. The van der Waals surface area contributed by atoms with Crippen molar-refractivity contribution in [1.82, 2.24) is 4.98 Å². The van der Waals surface area contributed by atoms with Gasteiger partial charge in [0.2, 0.25) is 5.88 Å². The molecule has 1 heterocycles. The van der Waals surface area contributed by atoms with Crippen molar-refractivity contribution in [3.8, 4) is 5.88 Å². The summed E-state index contributed by atoms with van der Waals surface area (Å²) in [4.78, 5) is 13.9.